The maximum Gasteiger partial charge on any atom is 0.338 e. The van der Waals surface area contributed by atoms with Crippen LogP contribution in [0.15, 0.2) is 61.2 Å². The Labute approximate surface area is 178 Å². The third kappa shape index (κ3) is 5.53. The molecule has 0 spiro atoms. The minimum absolute atomic E-state index is 0.208. The Bertz CT molecular complexity index is 1080. The first-order chi connectivity index (χ1) is 15.1. The molecule has 2 amide bonds. The second kappa shape index (κ2) is 9.21. The largest absolute Gasteiger partial charge is 0.452 e. The number of rotatable bonds is 8. The molecule has 1 aliphatic rings. The molecule has 0 unspecified atom stereocenters. The molecule has 3 aromatic rings. The Balaban J connectivity index is 1.29. The number of hydrogen-bond donors (Lipinski definition) is 2. The third-order valence-corrected chi connectivity index (χ3v) is 4.69. The smallest absolute Gasteiger partial charge is 0.338 e. The van der Waals surface area contributed by atoms with Crippen molar-refractivity contribution in [1.82, 2.24) is 20.1 Å². The summed E-state index contributed by atoms with van der Waals surface area (Å²) in [7, 11) is 0. The zero-order chi connectivity index (χ0) is 21.6. The van der Waals surface area contributed by atoms with Gasteiger partial charge in [0.25, 0.3) is 11.8 Å². The molecular weight excluding hydrogens is 398 g/mol. The lowest BCUT2D eigenvalue weighted by Crippen LogP contribution is -2.28. The van der Waals surface area contributed by atoms with Crippen LogP contribution in [0.25, 0.3) is 0 Å². The third-order valence-electron chi connectivity index (χ3n) is 4.69. The SMILES string of the molecule is O=C(COC(=O)c1ccc(Cn2cncn2)cc1)Nc1ccccc1C(=O)NC1CC1. The number of anilines is 1. The highest BCUT2D eigenvalue weighted by Crippen LogP contribution is 2.21. The second-order valence-electron chi connectivity index (χ2n) is 7.21. The van der Waals surface area contributed by atoms with Gasteiger partial charge in [-0.1, -0.05) is 24.3 Å². The molecule has 9 nitrogen and oxygen atoms in total. The number of nitrogens with zero attached hydrogens (tertiary/aromatic N) is 3. The van der Waals surface area contributed by atoms with Gasteiger partial charge in [-0.2, -0.15) is 5.10 Å². The Kier molecular flexibility index (Phi) is 6.02. The summed E-state index contributed by atoms with van der Waals surface area (Å²) in [6.45, 7) is 0.0730. The average Bonchev–Trinajstić information content (AvgIpc) is 3.44. The van der Waals surface area contributed by atoms with Gasteiger partial charge < -0.3 is 15.4 Å². The number of amides is 2. The highest BCUT2D eigenvalue weighted by Gasteiger charge is 2.25. The van der Waals surface area contributed by atoms with E-state index < -0.39 is 18.5 Å². The Morgan fingerprint density at radius 3 is 2.55 bits per heavy atom. The Morgan fingerprint density at radius 1 is 1.06 bits per heavy atom. The van der Waals surface area contributed by atoms with E-state index in [9.17, 15) is 14.4 Å². The monoisotopic (exact) mass is 419 g/mol. The van der Waals surface area contributed by atoms with Crippen LogP contribution in [0.3, 0.4) is 0 Å². The number of carbonyl (C=O) groups is 3. The predicted molar refractivity (Wildman–Crippen MR) is 111 cm³/mol. The van der Waals surface area contributed by atoms with E-state index in [1.54, 1.807) is 59.5 Å². The van der Waals surface area contributed by atoms with Gasteiger partial charge in [0.15, 0.2) is 6.61 Å². The van der Waals surface area contributed by atoms with Crippen LogP contribution in [0.1, 0.15) is 39.1 Å². The van der Waals surface area contributed by atoms with E-state index in [-0.39, 0.29) is 11.9 Å². The predicted octanol–water partition coefficient (Wildman–Crippen LogP) is 2.01. The van der Waals surface area contributed by atoms with E-state index in [0.717, 1.165) is 18.4 Å². The lowest BCUT2D eigenvalue weighted by molar-refractivity contribution is -0.119. The minimum Gasteiger partial charge on any atom is -0.452 e. The second-order valence-corrected chi connectivity index (χ2v) is 7.21. The minimum atomic E-state index is -0.609. The molecule has 0 aliphatic heterocycles. The highest BCUT2D eigenvalue weighted by atomic mass is 16.5. The molecule has 0 saturated heterocycles. The van der Waals surface area contributed by atoms with E-state index in [4.69, 9.17) is 4.74 Å². The standard InChI is InChI=1S/C22H21N5O4/c28-20(26-19-4-2-1-3-18(19)21(29)25-17-9-10-17)12-31-22(30)16-7-5-15(6-8-16)11-27-14-23-13-24-27/h1-8,13-14,17H,9-12H2,(H,25,29)(H,26,28). The lowest BCUT2D eigenvalue weighted by Gasteiger charge is -2.11. The zero-order valence-electron chi connectivity index (χ0n) is 16.7. The molecule has 1 aliphatic carbocycles. The summed E-state index contributed by atoms with van der Waals surface area (Å²) in [5.74, 6) is -1.37. The molecule has 0 bridgehead atoms. The first kappa shape index (κ1) is 20.3. The van der Waals surface area contributed by atoms with Gasteiger partial charge >= 0.3 is 5.97 Å². The van der Waals surface area contributed by atoms with E-state index in [1.807, 2.05) is 0 Å². The quantitative estimate of drug-likeness (QED) is 0.540. The molecule has 1 fully saturated rings. The van der Waals surface area contributed by atoms with Crippen LogP contribution in [0, 0.1) is 0 Å². The fourth-order valence-electron chi connectivity index (χ4n) is 2.93. The number of esters is 1. The number of hydrogen-bond acceptors (Lipinski definition) is 6. The normalized spacial score (nSPS) is 12.8. The summed E-state index contributed by atoms with van der Waals surface area (Å²) >= 11 is 0. The van der Waals surface area contributed by atoms with Crippen LogP contribution in [-0.2, 0) is 16.1 Å². The van der Waals surface area contributed by atoms with Crippen molar-refractivity contribution in [2.45, 2.75) is 25.4 Å². The van der Waals surface area contributed by atoms with Crippen LogP contribution in [0.4, 0.5) is 5.69 Å². The molecule has 1 heterocycles. The zero-order valence-corrected chi connectivity index (χ0v) is 16.7. The Morgan fingerprint density at radius 2 is 1.84 bits per heavy atom. The van der Waals surface area contributed by atoms with E-state index in [1.165, 1.54) is 6.33 Å². The summed E-state index contributed by atoms with van der Waals surface area (Å²) in [4.78, 5) is 40.7. The molecule has 158 valence electrons. The molecule has 31 heavy (non-hydrogen) atoms. The number of ether oxygens (including phenoxy) is 1. The molecular formula is C22H21N5O4. The molecule has 1 aromatic heterocycles. The lowest BCUT2D eigenvalue weighted by atomic mass is 10.1. The van der Waals surface area contributed by atoms with Crippen LogP contribution in [0.5, 0.6) is 0 Å². The van der Waals surface area contributed by atoms with Crippen LogP contribution in [0.2, 0.25) is 0 Å². The van der Waals surface area contributed by atoms with E-state index in [2.05, 4.69) is 20.7 Å². The van der Waals surface area contributed by atoms with Gasteiger partial charge in [0.05, 0.1) is 23.4 Å². The van der Waals surface area contributed by atoms with Crippen molar-refractivity contribution in [1.29, 1.82) is 0 Å². The number of aromatic nitrogens is 3. The van der Waals surface area contributed by atoms with Crippen molar-refractivity contribution in [2.24, 2.45) is 0 Å². The van der Waals surface area contributed by atoms with Gasteiger partial charge in [0.1, 0.15) is 12.7 Å². The maximum atomic E-state index is 12.3. The summed E-state index contributed by atoms with van der Waals surface area (Å²) < 4.78 is 6.77. The molecule has 9 heteroatoms. The average molecular weight is 419 g/mol. The molecule has 0 atom stereocenters. The maximum absolute atomic E-state index is 12.3. The summed E-state index contributed by atoms with van der Waals surface area (Å²) in [5, 5.41) is 9.55. The van der Waals surface area contributed by atoms with E-state index >= 15 is 0 Å². The topological polar surface area (TPSA) is 115 Å². The van der Waals surface area contributed by atoms with Gasteiger partial charge in [-0.25, -0.2) is 14.5 Å². The van der Waals surface area contributed by atoms with Gasteiger partial charge in [0.2, 0.25) is 0 Å². The van der Waals surface area contributed by atoms with Gasteiger partial charge in [-0.05, 0) is 42.7 Å². The molecule has 2 aromatic carbocycles. The van der Waals surface area contributed by atoms with Gasteiger partial charge in [-0.3, -0.25) is 9.59 Å². The van der Waals surface area contributed by atoms with E-state index in [0.29, 0.717) is 23.4 Å². The summed E-state index contributed by atoms with van der Waals surface area (Å²) in [6.07, 6.45) is 5.00. The van der Waals surface area contributed by atoms with Crippen molar-refractivity contribution in [3.8, 4) is 0 Å². The van der Waals surface area contributed by atoms with Crippen molar-refractivity contribution in [3.05, 3.63) is 77.9 Å². The number of nitrogens with one attached hydrogen (secondary N) is 2. The van der Waals surface area contributed by atoms with Crippen LogP contribution in [-0.4, -0.2) is 45.2 Å². The Hall–Kier alpha value is -4.01. The molecule has 0 radical (unpaired) electrons. The summed E-state index contributed by atoms with van der Waals surface area (Å²) in [5.41, 5.74) is 2.02. The molecule has 4 rings (SSSR count). The van der Waals surface area contributed by atoms with Gasteiger partial charge in [-0.15, -0.1) is 0 Å². The number of benzene rings is 2. The van der Waals surface area contributed by atoms with Crippen molar-refractivity contribution >= 4 is 23.5 Å². The highest BCUT2D eigenvalue weighted by molar-refractivity contribution is 6.04. The summed E-state index contributed by atoms with van der Waals surface area (Å²) in [6, 6.07) is 13.8. The van der Waals surface area contributed by atoms with Gasteiger partial charge in [0, 0.05) is 6.04 Å². The fraction of sp³-hybridized carbons (Fsp3) is 0.227. The fourth-order valence-corrected chi connectivity index (χ4v) is 2.93. The molecule has 2 N–H and O–H groups in total. The van der Waals surface area contributed by atoms with Crippen molar-refractivity contribution < 1.29 is 19.1 Å². The van der Waals surface area contributed by atoms with Crippen molar-refractivity contribution in [2.75, 3.05) is 11.9 Å². The van der Waals surface area contributed by atoms with Crippen LogP contribution < -0.4 is 10.6 Å². The number of para-hydroxylation sites is 1. The number of carbonyl (C=O) groups excluding carboxylic acids is 3. The molecule has 1 saturated carbocycles. The first-order valence-electron chi connectivity index (χ1n) is 9.87. The van der Waals surface area contributed by atoms with Crippen molar-refractivity contribution in [3.63, 3.8) is 0 Å². The van der Waals surface area contributed by atoms with Crippen LogP contribution >= 0.6 is 0 Å². The first-order valence-corrected chi connectivity index (χ1v) is 9.87.